The highest BCUT2D eigenvalue weighted by Gasteiger charge is 2.23. The third-order valence-electron chi connectivity index (χ3n) is 3.59. The molecular weight excluding hydrogens is 242 g/mol. The molecule has 0 aliphatic rings. The molecule has 110 valence electrons. The van der Waals surface area contributed by atoms with Gasteiger partial charge in [0.1, 0.15) is 0 Å². The van der Waals surface area contributed by atoms with Crippen molar-refractivity contribution in [2.45, 2.75) is 53.1 Å². The quantitative estimate of drug-likeness (QED) is 0.603. The van der Waals surface area contributed by atoms with Crippen molar-refractivity contribution in [2.24, 2.45) is 0 Å². The second-order valence-electron chi connectivity index (χ2n) is 5.35. The summed E-state index contributed by atoms with van der Waals surface area (Å²) in [5.74, 6) is 0. The molecular formula is C19H29N. The van der Waals surface area contributed by atoms with E-state index in [0.29, 0.717) is 12.1 Å². The smallest absolute Gasteiger partial charge is 0.0600 e. The van der Waals surface area contributed by atoms with Gasteiger partial charge in [0.25, 0.3) is 0 Å². The first kappa shape index (κ1) is 16.7. The Labute approximate surface area is 125 Å². The van der Waals surface area contributed by atoms with Gasteiger partial charge in [0.05, 0.1) is 6.04 Å². The van der Waals surface area contributed by atoms with Crippen LogP contribution >= 0.6 is 0 Å². The minimum atomic E-state index is 0.345. The predicted octanol–water partition coefficient (Wildman–Crippen LogP) is 5.37. The summed E-state index contributed by atoms with van der Waals surface area (Å²) >= 11 is 0. The van der Waals surface area contributed by atoms with Gasteiger partial charge in [-0.05, 0) is 44.9 Å². The lowest BCUT2D eigenvalue weighted by molar-refractivity contribution is 0.187. The van der Waals surface area contributed by atoms with Crippen molar-refractivity contribution in [3.05, 3.63) is 59.7 Å². The first-order valence-electron chi connectivity index (χ1n) is 7.79. The first-order valence-corrected chi connectivity index (χ1v) is 7.79. The molecule has 1 nitrogen and oxygen atoms in total. The molecule has 20 heavy (non-hydrogen) atoms. The van der Waals surface area contributed by atoms with Crippen LogP contribution in [0.3, 0.4) is 0 Å². The van der Waals surface area contributed by atoms with Crippen molar-refractivity contribution in [3.63, 3.8) is 0 Å². The Morgan fingerprint density at radius 3 is 2.25 bits per heavy atom. The minimum Gasteiger partial charge on any atom is -0.290 e. The molecule has 0 saturated carbocycles. The Balaban J connectivity index is 3.29. The topological polar surface area (TPSA) is 3.24 Å². The molecule has 1 atom stereocenters. The summed E-state index contributed by atoms with van der Waals surface area (Å²) in [5.41, 5.74) is 2.78. The summed E-state index contributed by atoms with van der Waals surface area (Å²) in [5, 5.41) is 0. The van der Waals surface area contributed by atoms with Gasteiger partial charge in [0.2, 0.25) is 0 Å². The number of nitrogens with zero attached hydrogens (tertiary/aromatic N) is 1. The zero-order valence-corrected chi connectivity index (χ0v) is 13.6. The molecule has 1 heteroatoms. The molecule has 0 aromatic heterocycles. The van der Waals surface area contributed by atoms with Crippen molar-refractivity contribution in [3.8, 4) is 0 Å². The lowest BCUT2D eigenvalue weighted by atomic mass is 9.94. The van der Waals surface area contributed by atoms with Crippen LogP contribution in [0.25, 0.3) is 0 Å². The van der Waals surface area contributed by atoms with Crippen LogP contribution in [0.1, 0.15) is 52.6 Å². The van der Waals surface area contributed by atoms with E-state index in [4.69, 9.17) is 0 Å². The molecule has 0 fully saturated rings. The molecule has 0 amide bonds. The van der Waals surface area contributed by atoms with Crippen LogP contribution in [0.15, 0.2) is 54.1 Å². The van der Waals surface area contributed by atoms with Gasteiger partial charge in [-0.15, -0.1) is 0 Å². The molecule has 1 aromatic carbocycles. The Bertz CT molecular complexity index is 428. The van der Waals surface area contributed by atoms with Crippen molar-refractivity contribution in [2.75, 3.05) is 6.54 Å². The molecule has 1 aromatic rings. The zero-order chi connectivity index (χ0) is 15.0. The number of hydrogen-bond acceptors (Lipinski definition) is 1. The summed E-state index contributed by atoms with van der Waals surface area (Å²) in [7, 11) is 0. The maximum absolute atomic E-state index is 2.55. The molecule has 0 aliphatic carbocycles. The number of hydrogen-bond donors (Lipinski definition) is 0. The third kappa shape index (κ3) is 4.35. The van der Waals surface area contributed by atoms with Crippen molar-refractivity contribution in [1.82, 2.24) is 4.90 Å². The molecule has 1 rings (SSSR count). The Morgan fingerprint density at radius 2 is 1.80 bits per heavy atom. The van der Waals surface area contributed by atoms with E-state index in [9.17, 15) is 0 Å². The van der Waals surface area contributed by atoms with E-state index in [-0.39, 0.29) is 0 Å². The van der Waals surface area contributed by atoms with Gasteiger partial charge in [-0.3, -0.25) is 4.90 Å². The largest absolute Gasteiger partial charge is 0.290 e. The van der Waals surface area contributed by atoms with E-state index >= 15 is 0 Å². The average molecular weight is 271 g/mol. The Hall–Kier alpha value is -1.34. The van der Waals surface area contributed by atoms with Crippen LogP contribution in [-0.4, -0.2) is 17.5 Å². The molecule has 0 heterocycles. The van der Waals surface area contributed by atoms with Crippen LogP contribution in [0.2, 0.25) is 0 Å². The third-order valence-corrected chi connectivity index (χ3v) is 3.59. The fourth-order valence-electron chi connectivity index (χ4n) is 2.76. The van der Waals surface area contributed by atoms with Gasteiger partial charge in [-0.1, -0.05) is 62.4 Å². The highest BCUT2D eigenvalue weighted by molar-refractivity contribution is 5.34. The van der Waals surface area contributed by atoms with Crippen LogP contribution < -0.4 is 0 Å². The highest BCUT2D eigenvalue weighted by Crippen LogP contribution is 2.31. The Kier molecular flexibility index (Phi) is 7.32. The van der Waals surface area contributed by atoms with E-state index in [1.165, 1.54) is 11.1 Å². The molecule has 1 unspecified atom stereocenters. The van der Waals surface area contributed by atoms with E-state index in [1.807, 2.05) is 0 Å². The monoisotopic (exact) mass is 271 g/mol. The fraction of sp³-hybridized carbons (Fsp3) is 0.474. The molecule has 0 bridgehead atoms. The van der Waals surface area contributed by atoms with E-state index in [2.05, 4.69) is 88.1 Å². The second-order valence-corrected chi connectivity index (χ2v) is 5.35. The molecule has 0 radical (unpaired) electrons. The normalized spacial score (nSPS) is 14.4. The van der Waals surface area contributed by atoms with Crippen molar-refractivity contribution < 1.29 is 0 Å². The lowest BCUT2D eigenvalue weighted by Gasteiger charge is -2.35. The zero-order valence-electron chi connectivity index (χ0n) is 13.6. The van der Waals surface area contributed by atoms with Crippen molar-refractivity contribution in [1.29, 1.82) is 0 Å². The second kappa shape index (κ2) is 8.76. The summed E-state index contributed by atoms with van der Waals surface area (Å²) in [6, 6.07) is 11.7. The van der Waals surface area contributed by atoms with E-state index < -0.39 is 0 Å². The average Bonchev–Trinajstić information content (AvgIpc) is 2.45. The summed E-state index contributed by atoms with van der Waals surface area (Å²) in [6.07, 6.45) is 7.82. The van der Waals surface area contributed by atoms with Crippen LogP contribution in [0.4, 0.5) is 0 Å². The fourth-order valence-corrected chi connectivity index (χ4v) is 2.76. The standard InChI is InChI=1S/C19H29N/c1-6-12-17(13-7-2)19(20(8-3)16(4)5)18-14-10-9-11-15-18/h6,9-16,19H,7-8H2,1-5H3/b12-6-,17-13+. The van der Waals surface area contributed by atoms with Crippen LogP contribution in [0, 0.1) is 0 Å². The van der Waals surface area contributed by atoms with Crippen molar-refractivity contribution >= 4 is 0 Å². The van der Waals surface area contributed by atoms with E-state index in [1.54, 1.807) is 0 Å². The van der Waals surface area contributed by atoms with Gasteiger partial charge < -0.3 is 0 Å². The van der Waals surface area contributed by atoms with Gasteiger partial charge in [0.15, 0.2) is 0 Å². The van der Waals surface area contributed by atoms with Gasteiger partial charge in [-0.25, -0.2) is 0 Å². The number of rotatable bonds is 7. The summed E-state index contributed by atoms with van der Waals surface area (Å²) in [4.78, 5) is 2.55. The predicted molar refractivity (Wildman–Crippen MR) is 89.9 cm³/mol. The highest BCUT2D eigenvalue weighted by atomic mass is 15.2. The van der Waals surface area contributed by atoms with Crippen LogP contribution in [-0.2, 0) is 0 Å². The number of likely N-dealkylation sites (N-methyl/N-ethyl adjacent to an activating group) is 1. The van der Waals surface area contributed by atoms with Gasteiger partial charge in [-0.2, -0.15) is 0 Å². The first-order chi connectivity index (χ1) is 9.65. The minimum absolute atomic E-state index is 0.345. The summed E-state index contributed by atoms with van der Waals surface area (Å²) in [6.45, 7) is 12.1. The Morgan fingerprint density at radius 1 is 1.15 bits per heavy atom. The molecule has 0 N–H and O–H groups in total. The maximum Gasteiger partial charge on any atom is 0.0600 e. The number of allylic oxidation sites excluding steroid dienone is 2. The van der Waals surface area contributed by atoms with Crippen LogP contribution in [0.5, 0.6) is 0 Å². The summed E-state index contributed by atoms with van der Waals surface area (Å²) < 4.78 is 0. The molecule has 0 saturated heterocycles. The maximum atomic E-state index is 2.55. The van der Waals surface area contributed by atoms with Gasteiger partial charge >= 0.3 is 0 Å². The van der Waals surface area contributed by atoms with E-state index in [0.717, 1.165) is 13.0 Å². The van der Waals surface area contributed by atoms with Gasteiger partial charge in [0, 0.05) is 6.04 Å². The molecule has 0 aliphatic heterocycles. The lowest BCUT2D eigenvalue weighted by Crippen LogP contribution is -2.35. The SMILES string of the molecule is C/C=C\C(=C/CC)C(c1ccccc1)N(CC)C(C)C. The number of benzene rings is 1. The molecule has 0 spiro atoms.